The molecule has 78 valence electrons. The molecule has 0 amide bonds. The SMILES string of the molecule is CNOc1cccc(OC(F)(F)F)c1. The first-order valence-electron chi connectivity index (χ1n) is 3.70. The highest BCUT2D eigenvalue weighted by molar-refractivity contribution is 5.32. The molecule has 0 unspecified atom stereocenters. The van der Waals surface area contributed by atoms with Crippen LogP contribution >= 0.6 is 0 Å². The van der Waals surface area contributed by atoms with E-state index in [1.165, 1.54) is 25.2 Å². The van der Waals surface area contributed by atoms with Crippen LogP contribution in [0, 0.1) is 0 Å². The van der Waals surface area contributed by atoms with Gasteiger partial charge in [-0.1, -0.05) is 6.07 Å². The van der Waals surface area contributed by atoms with Gasteiger partial charge in [0.15, 0.2) is 5.75 Å². The number of alkyl halides is 3. The second-order valence-corrected chi connectivity index (χ2v) is 2.33. The van der Waals surface area contributed by atoms with Crippen LogP contribution < -0.4 is 15.1 Å². The highest BCUT2D eigenvalue weighted by Crippen LogP contribution is 2.25. The van der Waals surface area contributed by atoms with E-state index in [-0.39, 0.29) is 11.5 Å². The van der Waals surface area contributed by atoms with E-state index < -0.39 is 6.36 Å². The molecule has 0 fully saturated rings. The van der Waals surface area contributed by atoms with E-state index in [2.05, 4.69) is 10.2 Å². The first-order chi connectivity index (χ1) is 6.51. The van der Waals surface area contributed by atoms with Crippen molar-refractivity contribution in [2.75, 3.05) is 7.05 Å². The van der Waals surface area contributed by atoms with E-state index in [1.807, 2.05) is 0 Å². The van der Waals surface area contributed by atoms with Gasteiger partial charge in [0.2, 0.25) is 0 Å². The van der Waals surface area contributed by atoms with Crippen molar-refractivity contribution in [3.8, 4) is 11.5 Å². The third-order valence-electron chi connectivity index (χ3n) is 1.26. The molecule has 0 aliphatic carbocycles. The Morgan fingerprint density at radius 3 is 2.43 bits per heavy atom. The summed E-state index contributed by atoms with van der Waals surface area (Å²) in [6.45, 7) is 0. The third-order valence-corrected chi connectivity index (χ3v) is 1.26. The number of hydrogen-bond acceptors (Lipinski definition) is 3. The summed E-state index contributed by atoms with van der Waals surface area (Å²) in [6, 6.07) is 5.22. The van der Waals surface area contributed by atoms with Crippen LogP contribution in [0.3, 0.4) is 0 Å². The summed E-state index contributed by atoms with van der Waals surface area (Å²) < 4.78 is 39.0. The number of hydroxylamine groups is 1. The normalized spacial score (nSPS) is 11.1. The zero-order chi connectivity index (χ0) is 10.6. The molecule has 0 aliphatic rings. The molecule has 14 heavy (non-hydrogen) atoms. The Kier molecular flexibility index (Phi) is 3.19. The van der Waals surface area contributed by atoms with Gasteiger partial charge in [-0.3, -0.25) is 0 Å². The van der Waals surface area contributed by atoms with Crippen LogP contribution in [0.5, 0.6) is 11.5 Å². The zero-order valence-electron chi connectivity index (χ0n) is 7.26. The quantitative estimate of drug-likeness (QED) is 0.770. The van der Waals surface area contributed by atoms with Gasteiger partial charge >= 0.3 is 6.36 Å². The molecule has 0 aromatic heterocycles. The van der Waals surface area contributed by atoms with Crippen molar-refractivity contribution < 1.29 is 22.7 Å². The molecule has 0 aliphatic heterocycles. The fourth-order valence-electron chi connectivity index (χ4n) is 0.853. The third kappa shape index (κ3) is 3.53. The molecule has 0 bridgehead atoms. The first-order valence-corrected chi connectivity index (χ1v) is 3.70. The Labute approximate surface area is 78.4 Å². The molecule has 0 radical (unpaired) electrons. The monoisotopic (exact) mass is 207 g/mol. The summed E-state index contributed by atoms with van der Waals surface area (Å²) in [7, 11) is 1.50. The van der Waals surface area contributed by atoms with Crippen LogP contribution in [0.1, 0.15) is 0 Å². The van der Waals surface area contributed by atoms with E-state index in [9.17, 15) is 13.2 Å². The summed E-state index contributed by atoms with van der Waals surface area (Å²) in [6.07, 6.45) is -4.68. The van der Waals surface area contributed by atoms with Crippen LogP contribution in [-0.4, -0.2) is 13.4 Å². The number of rotatable bonds is 3. The lowest BCUT2D eigenvalue weighted by atomic mass is 10.3. The first kappa shape index (κ1) is 10.6. The van der Waals surface area contributed by atoms with Gasteiger partial charge in [-0.2, -0.15) is 5.48 Å². The van der Waals surface area contributed by atoms with Gasteiger partial charge in [-0.05, 0) is 12.1 Å². The maximum atomic E-state index is 11.8. The van der Waals surface area contributed by atoms with Gasteiger partial charge in [0.05, 0.1) is 0 Å². The van der Waals surface area contributed by atoms with E-state index in [0.29, 0.717) is 0 Å². The van der Waals surface area contributed by atoms with Crippen LogP contribution in [-0.2, 0) is 0 Å². The Bertz CT molecular complexity index is 301. The predicted molar refractivity (Wildman–Crippen MR) is 42.8 cm³/mol. The van der Waals surface area contributed by atoms with Gasteiger partial charge in [-0.25, -0.2) is 0 Å². The summed E-state index contributed by atoms with van der Waals surface area (Å²) in [5.74, 6) is -0.0699. The zero-order valence-corrected chi connectivity index (χ0v) is 7.26. The van der Waals surface area contributed by atoms with Crippen molar-refractivity contribution in [3.05, 3.63) is 24.3 Å². The molecular formula is C8H8F3NO2. The van der Waals surface area contributed by atoms with Crippen molar-refractivity contribution in [1.82, 2.24) is 5.48 Å². The van der Waals surface area contributed by atoms with Crippen molar-refractivity contribution in [1.29, 1.82) is 0 Å². The van der Waals surface area contributed by atoms with Crippen molar-refractivity contribution in [2.45, 2.75) is 6.36 Å². The average Bonchev–Trinajstić information content (AvgIpc) is 2.02. The minimum absolute atomic E-state index is 0.245. The standard InChI is InChI=1S/C8H8F3NO2/c1-12-14-7-4-2-3-6(5-7)13-8(9,10)11/h2-5,12H,1H3. The summed E-state index contributed by atoms with van der Waals surface area (Å²) in [5, 5.41) is 0. The Morgan fingerprint density at radius 1 is 1.21 bits per heavy atom. The van der Waals surface area contributed by atoms with Gasteiger partial charge in [0, 0.05) is 13.1 Å². The van der Waals surface area contributed by atoms with Gasteiger partial charge in [-0.15, -0.1) is 13.2 Å². The molecule has 0 saturated heterocycles. The topological polar surface area (TPSA) is 30.5 Å². The molecular weight excluding hydrogens is 199 g/mol. The highest BCUT2D eigenvalue weighted by Gasteiger charge is 2.31. The van der Waals surface area contributed by atoms with Crippen LogP contribution in [0.2, 0.25) is 0 Å². The molecule has 0 saturated carbocycles. The van der Waals surface area contributed by atoms with Gasteiger partial charge in [0.25, 0.3) is 0 Å². The molecule has 0 heterocycles. The molecule has 1 rings (SSSR count). The second kappa shape index (κ2) is 4.19. The van der Waals surface area contributed by atoms with Crippen LogP contribution in [0.25, 0.3) is 0 Å². The summed E-state index contributed by atoms with van der Waals surface area (Å²) >= 11 is 0. The highest BCUT2D eigenvalue weighted by atomic mass is 19.4. The lowest BCUT2D eigenvalue weighted by molar-refractivity contribution is -0.274. The Hall–Kier alpha value is -1.43. The summed E-state index contributed by atoms with van der Waals surface area (Å²) in [5.41, 5.74) is 2.34. The van der Waals surface area contributed by atoms with Crippen molar-refractivity contribution in [2.24, 2.45) is 0 Å². The number of ether oxygens (including phenoxy) is 1. The van der Waals surface area contributed by atoms with Gasteiger partial charge in [0.1, 0.15) is 5.75 Å². The molecule has 1 N–H and O–H groups in total. The van der Waals surface area contributed by atoms with E-state index in [1.54, 1.807) is 0 Å². The molecule has 1 aromatic rings. The number of benzene rings is 1. The Morgan fingerprint density at radius 2 is 1.86 bits per heavy atom. The Balaban J connectivity index is 2.73. The van der Waals surface area contributed by atoms with Crippen molar-refractivity contribution >= 4 is 0 Å². The minimum Gasteiger partial charge on any atom is -0.409 e. The number of nitrogens with one attached hydrogen (secondary N) is 1. The molecule has 6 heteroatoms. The average molecular weight is 207 g/mol. The molecule has 3 nitrogen and oxygen atoms in total. The maximum absolute atomic E-state index is 11.8. The molecule has 0 spiro atoms. The fraction of sp³-hybridized carbons (Fsp3) is 0.250. The smallest absolute Gasteiger partial charge is 0.409 e. The largest absolute Gasteiger partial charge is 0.573 e. The summed E-state index contributed by atoms with van der Waals surface area (Å²) in [4.78, 5) is 4.76. The second-order valence-electron chi connectivity index (χ2n) is 2.33. The number of hydrogen-bond donors (Lipinski definition) is 1. The van der Waals surface area contributed by atoms with E-state index in [0.717, 1.165) is 6.07 Å². The fourth-order valence-corrected chi connectivity index (χ4v) is 0.853. The predicted octanol–water partition coefficient (Wildman–Crippen LogP) is 2.10. The lowest BCUT2D eigenvalue weighted by Gasteiger charge is -2.09. The van der Waals surface area contributed by atoms with Crippen LogP contribution in [0.15, 0.2) is 24.3 Å². The molecule has 0 atom stereocenters. The van der Waals surface area contributed by atoms with E-state index >= 15 is 0 Å². The van der Waals surface area contributed by atoms with Crippen LogP contribution in [0.4, 0.5) is 13.2 Å². The van der Waals surface area contributed by atoms with Crippen molar-refractivity contribution in [3.63, 3.8) is 0 Å². The van der Waals surface area contributed by atoms with Gasteiger partial charge < -0.3 is 9.57 Å². The van der Waals surface area contributed by atoms with E-state index in [4.69, 9.17) is 4.84 Å². The lowest BCUT2D eigenvalue weighted by Crippen LogP contribution is -2.17. The maximum Gasteiger partial charge on any atom is 0.573 e. The number of halogens is 3. The molecule has 1 aromatic carbocycles. The minimum atomic E-state index is -4.68.